The third-order valence-corrected chi connectivity index (χ3v) is 15.5. The van der Waals surface area contributed by atoms with Crippen molar-refractivity contribution >= 4 is 58.5 Å². The summed E-state index contributed by atoms with van der Waals surface area (Å²) in [4.78, 5) is 32.6. The number of carbonyl (C=O) groups excluding carboxylic acids is 2. The molecule has 3 aromatic rings. The Hall–Kier alpha value is -4.96. The van der Waals surface area contributed by atoms with Crippen LogP contribution >= 0.6 is 27.5 Å². The molecule has 2 aliphatic rings. The molecule has 0 radical (unpaired) electrons. The lowest BCUT2D eigenvalue weighted by atomic mass is 9.94. The molecule has 17 heteroatoms. The van der Waals surface area contributed by atoms with Gasteiger partial charge < -0.3 is 53.1 Å². The molecule has 0 aliphatic carbocycles. The third-order valence-electron chi connectivity index (χ3n) is 10.3. The van der Waals surface area contributed by atoms with Gasteiger partial charge in [0.25, 0.3) is 5.91 Å². The van der Waals surface area contributed by atoms with E-state index in [0.717, 1.165) is 0 Å². The number of nitrogens with one attached hydrogen (secondary N) is 1. The molecule has 2 bridgehead atoms. The van der Waals surface area contributed by atoms with Crippen molar-refractivity contribution in [2.24, 2.45) is 0 Å². The summed E-state index contributed by atoms with van der Waals surface area (Å²) in [6.45, 7) is 13.1. The largest absolute Gasteiger partial charge is 0.492 e. The maximum absolute atomic E-state index is 14.5. The predicted octanol–water partition coefficient (Wildman–Crippen LogP) is 7.26. The molecule has 0 unspecified atom stereocenters. The standard InChI is InChI=1S/C46H54BrClN2O12Si/c1-13-18-46(54)19-17-29(47)22-37(34(14-2)62-63(11,12)45(5,6)7)61-35-16-15-32(49-43(35)48)33(24-40(52)58-25-39(46)51)50-44(53)31-23-30-28(20-36(31)59-26-55-8)21-38(60-27(3)4)42(57-10)41(30)56-9/h1-2,15-16,20-23,27,33-34,37,39,51,54H,18,24-26H2,3-12H3,(H,50,53)/b29-22+/t33-,34+,37+,39-,46-/m1/s1. The number of rotatable bonds is 13. The molecule has 1 aromatic heterocycles. The summed E-state index contributed by atoms with van der Waals surface area (Å²) in [6, 6.07) is 6.73. The minimum absolute atomic E-state index is 0.0239. The minimum atomic E-state index is -2.50. The van der Waals surface area contributed by atoms with Gasteiger partial charge in [-0.05, 0) is 89.7 Å². The monoisotopic (exact) mass is 968 g/mol. The Morgan fingerprint density at radius 2 is 1.83 bits per heavy atom. The number of nitrogens with zero attached hydrogens (tertiary/aromatic N) is 1. The Morgan fingerprint density at radius 1 is 1.14 bits per heavy atom. The first-order valence-corrected chi connectivity index (χ1v) is 23.9. The summed E-state index contributed by atoms with van der Waals surface area (Å²) in [6.07, 6.45) is 8.27. The Labute approximate surface area is 383 Å². The molecular formula is C46H54BrClN2O12Si. The zero-order valence-electron chi connectivity index (χ0n) is 37.0. The zero-order chi connectivity index (χ0) is 46.9. The molecule has 1 amide bonds. The van der Waals surface area contributed by atoms with E-state index in [1.807, 2.05) is 26.9 Å². The topological polar surface area (TPSA) is 173 Å². The number of hydrogen-bond acceptors (Lipinski definition) is 13. The van der Waals surface area contributed by atoms with Crippen LogP contribution in [0.5, 0.6) is 28.7 Å². The molecule has 5 rings (SSSR count). The number of amides is 1. The molecule has 2 aliphatic heterocycles. The van der Waals surface area contributed by atoms with Crippen LogP contribution in [0.1, 0.15) is 69.6 Å². The number of methoxy groups -OCH3 is 3. The number of ether oxygens (including phenoxy) is 7. The van der Waals surface area contributed by atoms with E-state index in [1.165, 1.54) is 39.5 Å². The van der Waals surface area contributed by atoms with Crippen LogP contribution in [-0.2, 0) is 18.7 Å². The second kappa shape index (κ2) is 21.6. The van der Waals surface area contributed by atoms with E-state index in [4.69, 9.17) is 62.0 Å². The van der Waals surface area contributed by atoms with E-state index in [-0.39, 0.29) is 50.3 Å². The van der Waals surface area contributed by atoms with E-state index in [1.54, 1.807) is 18.2 Å². The van der Waals surface area contributed by atoms with Gasteiger partial charge in [0.2, 0.25) is 5.75 Å². The number of hydrogen-bond donors (Lipinski definition) is 3. The highest BCUT2D eigenvalue weighted by molar-refractivity contribution is 9.12. The average Bonchev–Trinajstić information content (AvgIpc) is 3.21. The number of halogens is 2. The van der Waals surface area contributed by atoms with Gasteiger partial charge in [-0.1, -0.05) is 50.1 Å². The van der Waals surface area contributed by atoms with E-state index in [0.29, 0.717) is 28.0 Å². The summed E-state index contributed by atoms with van der Waals surface area (Å²) in [5.74, 6) is 9.96. The highest BCUT2D eigenvalue weighted by atomic mass is 79.9. The normalized spacial score (nSPS) is 20.9. The smallest absolute Gasteiger partial charge is 0.308 e. The highest BCUT2D eigenvalue weighted by Gasteiger charge is 2.41. The van der Waals surface area contributed by atoms with Crippen LogP contribution in [-0.4, -0.2) is 100 Å². The van der Waals surface area contributed by atoms with Crippen molar-refractivity contribution < 1.29 is 57.4 Å². The lowest BCUT2D eigenvalue weighted by Crippen LogP contribution is -2.47. The number of terminal acetylenes is 2. The van der Waals surface area contributed by atoms with Gasteiger partial charge in [-0.15, -0.1) is 18.8 Å². The van der Waals surface area contributed by atoms with Gasteiger partial charge in [-0.2, -0.15) is 0 Å². The van der Waals surface area contributed by atoms with Crippen molar-refractivity contribution in [2.75, 3.05) is 34.7 Å². The second-order valence-corrected chi connectivity index (χ2v) is 22.3. The summed E-state index contributed by atoms with van der Waals surface area (Å²) in [7, 11) is 1.87. The Balaban J connectivity index is 1.87. The van der Waals surface area contributed by atoms with Gasteiger partial charge in [0.05, 0.1) is 54.9 Å². The number of aliphatic hydroxyl groups is 2. The van der Waals surface area contributed by atoms with Gasteiger partial charge in [-0.3, -0.25) is 9.59 Å². The van der Waals surface area contributed by atoms with Crippen LogP contribution in [0.3, 0.4) is 0 Å². The quantitative estimate of drug-likeness (QED) is 0.0514. The first kappa shape index (κ1) is 50.7. The fourth-order valence-electron chi connectivity index (χ4n) is 6.00. The molecule has 0 fully saturated rings. The predicted molar refractivity (Wildman–Crippen MR) is 245 cm³/mol. The minimum Gasteiger partial charge on any atom is -0.492 e. The van der Waals surface area contributed by atoms with Crippen molar-refractivity contribution in [3.63, 3.8) is 0 Å². The maximum Gasteiger partial charge on any atom is 0.308 e. The van der Waals surface area contributed by atoms with Gasteiger partial charge in [0.15, 0.2) is 49.2 Å². The van der Waals surface area contributed by atoms with E-state index in [2.05, 4.69) is 70.7 Å². The zero-order valence-corrected chi connectivity index (χ0v) is 40.4. The van der Waals surface area contributed by atoms with Gasteiger partial charge in [0.1, 0.15) is 24.6 Å². The van der Waals surface area contributed by atoms with Crippen LogP contribution < -0.4 is 29.0 Å². The fourth-order valence-corrected chi connectivity index (χ4v) is 7.76. The number of aliphatic hydroxyl groups excluding tert-OH is 1. The van der Waals surface area contributed by atoms with Gasteiger partial charge in [0, 0.05) is 12.5 Å². The lowest BCUT2D eigenvalue weighted by molar-refractivity contribution is -0.151. The third kappa shape index (κ3) is 12.6. The average molecular weight is 970 g/mol. The number of fused-ring (bicyclic) bond motifs is 13. The van der Waals surface area contributed by atoms with Crippen molar-refractivity contribution in [3.05, 3.63) is 57.3 Å². The lowest BCUT2D eigenvalue weighted by Gasteiger charge is -2.39. The van der Waals surface area contributed by atoms with Gasteiger partial charge >= 0.3 is 5.97 Å². The molecule has 338 valence electrons. The molecule has 0 saturated heterocycles. The van der Waals surface area contributed by atoms with E-state index < -0.39 is 69.6 Å². The molecule has 3 N–H and O–H groups in total. The number of aromatic nitrogens is 1. The summed E-state index contributed by atoms with van der Waals surface area (Å²) in [5, 5.41) is 26.1. The molecule has 0 spiro atoms. The SMILES string of the molecule is C#CC[C@@]1(O)C#C/C(Br)=C\[C@@H]([C@H](C#C)O[Si](C)(C)C(C)(C)C)Oc2ccc(nc2Cl)[C@H](NC(=O)c2cc3c(OC)c(OC)c(OC(C)C)cc3cc2OCOC)CC(=O)OC[C@H]1O. The van der Waals surface area contributed by atoms with Crippen LogP contribution in [0.2, 0.25) is 23.3 Å². The van der Waals surface area contributed by atoms with E-state index >= 15 is 0 Å². The van der Waals surface area contributed by atoms with E-state index in [9.17, 15) is 19.8 Å². The Kier molecular flexibility index (Phi) is 17.4. The van der Waals surface area contributed by atoms with Crippen LogP contribution in [0, 0.1) is 36.5 Å². The van der Waals surface area contributed by atoms with Crippen LogP contribution in [0.15, 0.2) is 40.9 Å². The highest BCUT2D eigenvalue weighted by Crippen LogP contribution is 2.46. The first-order chi connectivity index (χ1) is 29.6. The molecular weight excluding hydrogens is 916 g/mol. The first-order valence-electron chi connectivity index (χ1n) is 19.8. The van der Waals surface area contributed by atoms with Gasteiger partial charge in [-0.25, -0.2) is 4.98 Å². The Morgan fingerprint density at radius 3 is 2.41 bits per heavy atom. The number of allylic oxidation sites excluding steroid dienone is 1. The molecule has 63 heavy (non-hydrogen) atoms. The fraction of sp³-hybridized carbons (Fsp3) is 0.457. The molecule has 2 aromatic carbocycles. The number of carbonyl (C=O) groups is 2. The van der Waals surface area contributed by atoms with Crippen molar-refractivity contribution in [1.29, 1.82) is 0 Å². The van der Waals surface area contributed by atoms with Crippen molar-refractivity contribution in [2.45, 2.75) is 102 Å². The number of pyridine rings is 1. The van der Waals surface area contributed by atoms with Crippen LogP contribution in [0.25, 0.3) is 10.8 Å². The second-order valence-electron chi connectivity index (χ2n) is 16.3. The maximum atomic E-state index is 14.5. The Bertz CT molecular complexity index is 2340. The molecule has 3 heterocycles. The number of benzene rings is 2. The summed E-state index contributed by atoms with van der Waals surface area (Å²) < 4.78 is 47.2. The molecule has 5 atom stereocenters. The van der Waals surface area contributed by atoms with Crippen LogP contribution in [0.4, 0.5) is 0 Å². The molecule has 0 saturated carbocycles. The summed E-state index contributed by atoms with van der Waals surface area (Å²) in [5.41, 5.74) is -2.07. The number of esters is 1. The summed E-state index contributed by atoms with van der Waals surface area (Å²) >= 11 is 10.2. The van der Waals surface area contributed by atoms with Crippen molar-refractivity contribution in [1.82, 2.24) is 10.3 Å². The van der Waals surface area contributed by atoms with Crippen molar-refractivity contribution in [3.8, 4) is 65.3 Å². The molecule has 14 nitrogen and oxygen atoms in total.